The number of hydrogen-bond donors (Lipinski definition) is 1. The average Bonchev–Trinajstić information content (AvgIpc) is 2.92. The summed E-state index contributed by atoms with van der Waals surface area (Å²) in [6.07, 6.45) is 34.2. The van der Waals surface area contributed by atoms with Crippen LogP contribution in [0.2, 0.25) is 0 Å². The number of rotatable bonds is 32. The van der Waals surface area contributed by atoms with Gasteiger partial charge in [0, 0.05) is 13.0 Å². The first-order valence-electron chi connectivity index (χ1n) is 17.1. The van der Waals surface area contributed by atoms with Gasteiger partial charge >= 0.3 is 5.97 Å². The Morgan fingerprint density at radius 2 is 0.868 bits per heavy atom. The lowest BCUT2D eigenvalue weighted by atomic mass is 10.0. The number of ether oxygens (including phenoxy) is 2. The lowest BCUT2D eigenvalue weighted by Crippen LogP contribution is -2.27. The molecular weight excluding hydrogens is 472 g/mol. The van der Waals surface area contributed by atoms with Crippen LogP contribution in [0.25, 0.3) is 0 Å². The molecule has 1 atom stereocenters. The summed E-state index contributed by atoms with van der Waals surface area (Å²) in [5.41, 5.74) is 0. The van der Waals surface area contributed by atoms with Gasteiger partial charge in [-0.05, 0) is 12.8 Å². The molecule has 38 heavy (non-hydrogen) atoms. The molecule has 0 aliphatic heterocycles. The van der Waals surface area contributed by atoms with Crippen molar-refractivity contribution in [1.82, 2.24) is 0 Å². The summed E-state index contributed by atoms with van der Waals surface area (Å²) in [5, 5.41) is 9.52. The lowest BCUT2D eigenvalue weighted by Gasteiger charge is -2.16. The number of carbonyl (C=O) groups is 1. The summed E-state index contributed by atoms with van der Waals surface area (Å²) in [4.78, 5) is 12.1. The molecule has 228 valence electrons. The van der Waals surface area contributed by atoms with E-state index < -0.39 is 6.10 Å². The molecule has 0 aromatic heterocycles. The molecule has 0 aromatic rings. The van der Waals surface area contributed by atoms with Crippen molar-refractivity contribution < 1.29 is 19.4 Å². The molecule has 0 aromatic carbocycles. The smallest absolute Gasteiger partial charge is 0.306 e. The standard InChI is InChI=1S/C34H68O4/c1-3-5-7-9-11-13-15-17-18-20-22-24-26-28-30-37-32-33(31-35)38-34(36)29-27-25-23-21-19-16-14-12-10-8-6-4-2/h33,35H,3-32H2,1-2H3. The number of unbranched alkanes of at least 4 members (excludes halogenated alkanes) is 24. The molecular formula is C34H68O4. The van der Waals surface area contributed by atoms with Gasteiger partial charge in [-0.25, -0.2) is 0 Å². The number of aliphatic hydroxyl groups excluding tert-OH is 1. The van der Waals surface area contributed by atoms with E-state index in [1.807, 2.05) is 0 Å². The van der Waals surface area contributed by atoms with Gasteiger partial charge in [0.25, 0.3) is 0 Å². The Bertz CT molecular complexity index is 454. The van der Waals surface area contributed by atoms with E-state index in [2.05, 4.69) is 13.8 Å². The van der Waals surface area contributed by atoms with Crippen LogP contribution >= 0.6 is 0 Å². The van der Waals surface area contributed by atoms with Gasteiger partial charge in [0.15, 0.2) is 0 Å². The third-order valence-electron chi connectivity index (χ3n) is 7.68. The molecule has 0 saturated carbocycles. The summed E-state index contributed by atoms with van der Waals surface area (Å²) in [5.74, 6) is -0.198. The Morgan fingerprint density at radius 1 is 0.526 bits per heavy atom. The van der Waals surface area contributed by atoms with E-state index in [1.54, 1.807) is 0 Å². The second kappa shape index (κ2) is 32.6. The molecule has 0 heterocycles. The Morgan fingerprint density at radius 3 is 1.24 bits per heavy atom. The highest BCUT2D eigenvalue weighted by Gasteiger charge is 2.13. The number of hydrogen-bond acceptors (Lipinski definition) is 4. The molecule has 0 saturated heterocycles. The topological polar surface area (TPSA) is 55.8 Å². The molecule has 1 N–H and O–H groups in total. The first kappa shape index (κ1) is 37.4. The normalized spacial score (nSPS) is 12.2. The third-order valence-corrected chi connectivity index (χ3v) is 7.68. The Hall–Kier alpha value is -0.610. The summed E-state index contributed by atoms with van der Waals surface area (Å²) in [6, 6.07) is 0. The van der Waals surface area contributed by atoms with Crippen LogP contribution in [0.15, 0.2) is 0 Å². The van der Waals surface area contributed by atoms with Crippen molar-refractivity contribution in [2.24, 2.45) is 0 Å². The minimum atomic E-state index is -0.522. The van der Waals surface area contributed by atoms with Crippen LogP contribution in [0, 0.1) is 0 Å². The van der Waals surface area contributed by atoms with Crippen LogP contribution in [0.5, 0.6) is 0 Å². The van der Waals surface area contributed by atoms with Crippen LogP contribution < -0.4 is 0 Å². The zero-order valence-corrected chi connectivity index (χ0v) is 26.0. The number of carbonyl (C=O) groups excluding carboxylic acids is 1. The van der Waals surface area contributed by atoms with Gasteiger partial charge in [-0.1, -0.05) is 168 Å². The number of esters is 1. The molecule has 1 unspecified atom stereocenters. The molecule has 0 spiro atoms. The summed E-state index contributed by atoms with van der Waals surface area (Å²) < 4.78 is 11.1. The molecule has 0 bridgehead atoms. The van der Waals surface area contributed by atoms with Gasteiger partial charge in [0.1, 0.15) is 6.10 Å². The van der Waals surface area contributed by atoms with E-state index in [0.29, 0.717) is 19.6 Å². The van der Waals surface area contributed by atoms with Crippen molar-refractivity contribution in [2.45, 2.75) is 193 Å². The Labute approximate surface area is 238 Å². The molecule has 0 radical (unpaired) electrons. The average molecular weight is 541 g/mol. The van der Waals surface area contributed by atoms with Crippen LogP contribution in [0.3, 0.4) is 0 Å². The maximum absolute atomic E-state index is 12.1. The molecule has 0 amide bonds. The third kappa shape index (κ3) is 29.9. The van der Waals surface area contributed by atoms with Crippen molar-refractivity contribution in [2.75, 3.05) is 19.8 Å². The first-order valence-corrected chi connectivity index (χ1v) is 17.1. The largest absolute Gasteiger partial charge is 0.457 e. The Balaban J connectivity index is 3.39. The predicted octanol–water partition coefficient (Wildman–Crippen LogP) is 10.5. The zero-order chi connectivity index (χ0) is 27.8. The molecule has 4 heteroatoms. The Kier molecular flexibility index (Phi) is 32.1. The van der Waals surface area contributed by atoms with E-state index in [1.165, 1.54) is 148 Å². The lowest BCUT2D eigenvalue weighted by molar-refractivity contribution is -0.154. The van der Waals surface area contributed by atoms with E-state index >= 15 is 0 Å². The fourth-order valence-electron chi connectivity index (χ4n) is 5.09. The monoisotopic (exact) mass is 541 g/mol. The highest BCUT2D eigenvalue weighted by atomic mass is 16.6. The quantitative estimate of drug-likeness (QED) is 0.0681. The van der Waals surface area contributed by atoms with Gasteiger partial charge in [-0.15, -0.1) is 0 Å². The SMILES string of the molecule is CCCCCCCCCCCCCCCCOCC(CO)OC(=O)CCCCCCCCCCCCCC. The highest BCUT2D eigenvalue weighted by Crippen LogP contribution is 2.14. The van der Waals surface area contributed by atoms with Crippen LogP contribution in [-0.4, -0.2) is 37.0 Å². The maximum atomic E-state index is 12.1. The highest BCUT2D eigenvalue weighted by molar-refractivity contribution is 5.69. The van der Waals surface area contributed by atoms with E-state index in [9.17, 15) is 9.90 Å². The van der Waals surface area contributed by atoms with Gasteiger partial charge in [0.2, 0.25) is 0 Å². The summed E-state index contributed by atoms with van der Waals surface area (Å²) in [7, 11) is 0. The summed E-state index contributed by atoms with van der Waals surface area (Å²) >= 11 is 0. The van der Waals surface area contributed by atoms with E-state index in [4.69, 9.17) is 9.47 Å². The fraction of sp³-hybridized carbons (Fsp3) is 0.971. The molecule has 0 fully saturated rings. The van der Waals surface area contributed by atoms with Crippen molar-refractivity contribution >= 4 is 5.97 Å². The summed E-state index contributed by atoms with van der Waals surface area (Å²) in [6.45, 7) is 5.37. The maximum Gasteiger partial charge on any atom is 0.306 e. The van der Waals surface area contributed by atoms with Crippen LogP contribution in [-0.2, 0) is 14.3 Å². The molecule has 0 aliphatic carbocycles. The van der Waals surface area contributed by atoms with Crippen molar-refractivity contribution in [3.05, 3.63) is 0 Å². The molecule has 4 nitrogen and oxygen atoms in total. The molecule has 0 rings (SSSR count). The van der Waals surface area contributed by atoms with E-state index in [-0.39, 0.29) is 12.6 Å². The van der Waals surface area contributed by atoms with Crippen LogP contribution in [0.4, 0.5) is 0 Å². The number of aliphatic hydroxyl groups is 1. The van der Waals surface area contributed by atoms with Gasteiger partial charge < -0.3 is 14.6 Å². The van der Waals surface area contributed by atoms with Gasteiger partial charge in [0.05, 0.1) is 13.2 Å². The minimum Gasteiger partial charge on any atom is -0.457 e. The minimum absolute atomic E-state index is 0.164. The second-order valence-corrected chi connectivity index (χ2v) is 11.6. The predicted molar refractivity (Wildman–Crippen MR) is 164 cm³/mol. The van der Waals surface area contributed by atoms with Crippen molar-refractivity contribution in [3.63, 3.8) is 0 Å². The first-order chi connectivity index (χ1) is 18.7. The van der Waals surface area contributed by atoms with Gasteiger partial charge in [-0.3, -0.25) is 4.79 Å². The van der Waals surface area contributed by atoms with Crippen molar-refractivity contribution in [1.29, 1.82) is 0 Å². The van der Waals surface area contributed by atoms with Gasteiger partial charge in [-0.2, -0.15) is 0 Å². The van der Waals surface area contributed by atoms with E-state index in [0.717, 1.165) is 19.3 Å². The van der Waals surface area contributed by atoms with Crippen molar-refractivity contribution in [3.8, 4) is 0 Å². The molecule has 0 aliphatic rings. The fourth-order valence-corrected chi connectivity index (χ4v) is 5.09. The zero-order valence-electron chi connectivity index (χ0n) is 26.0. The van der Waals surface area contributed by atoms with Crippen LogP contribution in [0.1, 0.15) is 187 Å². The second-order valence-electron chi connectivity index (χ2n) is 11.6.